The summed E-state index contributed by atoms with van der Waals surface area (Å²) in [6, 6.07) is 3.54. The third-order valence-corrected chi connectivity index (χ3v) is 15.6. The standard InChI is InChI=1S/C42H52FN3O8S/c1-26-37-32(31-15-14-29(43)21-33(31)44-26)16-17-41(54-37)23-34-35(47)24-42(39(50)45-55(51,52)40(2)18-19-40)22-28(42)11-7-5-3-4-6-10-27(38(49)46(34)25-41)20-36(48)53-30-12-8-9-13-30/h7,11,14-15,21,27-28,30,34H,3-6,8-10,12-13,16-20,22-25H2,1-2H3,(H,45,50)/b11-7-/t27-,28-,34+,41-,42-/m1/s1. The van der Waals surface area contributed by atoms with Crippen molar-refractivity contribution in [3.05, 3.63) is 47.4 Å². The number of halogens is 1. The molecule has 11 nitrogen and oxygen atoms in total. The largest absolute Gasteiger partial charge is 0.483 e. The first kappa shape index (κ1) is 38.0. The zero-order chi connectivity index (χ0) is 38.8. The van der Waals surface area contributed by atoms with Crippen molar-refractivity contribution in [3.8, 4) is 5.75 Å². The molecule has 1 aromatic carbocycles. The highest BCUT2D eigenvalue weighted by atomic mass is 32.2. The van der Waals surface area contributed by atoms with Gasteiger partial charge in [-0.1, -0.05) is 25.0 Å². The number of rotatable bonds is 6. The van der Waals surface area contributed by atoms with Gasteiger partial charge in [0.05, 0.1) is 40.4 Å². The van der Waals surface area contributed by atoms with Crippen molar-refractivity contribution in [2.75, 3.05) is 6.54 Å². The van der Waals surface area contributed by atoms with Crippen molar-refractivity contribution < 1.29 is 41.5 Å². The number of hydrogen-bond donors (Lipinski definition) is 1. The fourth-order valence-electron chi connectivity index (χ4n) is 9.58. The van der Waals surface area contributed by atoms with Crippen LogP contribution in [0.1, 0.15) is 121 Å². The Kier molecular flexibility index (Phi) is 9.86. The second kappa shape index (κ2) is 14.3. The number of Topliss-reactive ketones (excluding diaryl/α,β-unsaturated/α-hetero) is 1. The predicted molar refractivity (Wildman–Crippen MR) is 202 cm³/mol. The van der Waals surface area contributed by atoms with Gasteiger partial charge in [-0.25, -0.2) is 17.8 Å². The molecule has 1 spiro atoms. The molecule has 2 aromatic rings. The van der Waals surface area contributed by atoms with E-state index in [2.05, 4.69) is 9.71 Å². The third kappa shape index (κ3) is 7.30. The first-order valence-electron chi connectivity index (χ1n) is 20.3. The van der Waals surface area contributed by atoms with E-state index in [-0.39, 0.29) is 55.3 Å². The Bertz CT molecular complexity index is 2060. The van der Waals surface area contributed by atoms with E-state index in [9.17, 15) is 32.0 Å². The topological polar surface area (TPSA) is 149 Å². The maximum atomic E-state index is 14.8. The first-order chi connectivity index (χ1) is 26.2. The number of benzene rings is 1. The van der Waals surface area contributed by atoms with Crippen LogP contribution in [0.5, 0.6) is 5.75 Å². The van der Waals surface area contributed by atoms with Crippen molar-refractivity contribution in [1.29, 1.82) is 0 Å². The van der Waals surface area contributed by atoms with E-state index < -0.39 is 49.6 Å². The fourth-order valence-corrected chi connectivity index (χ4v) is 10.9. The third-order valence-electron chi connectivity index (χ3n) is 13.4. The monoisotopic (exact) mass is 777 g/mol. The molecule has 3 aliphatic carbocycles. The average Bonchev–Trinajstić information content (AvgIpc) is 3.93. The summed E-state index contributed by atoms with van der Waals surface area (Å²) < 4.78 is 54.6. The Morgan fingerprint density at radius 1 is 1.05 bits per heavy atom. The van der Waals surface area contributed by atoms with Crippen LogP contribution in [-0.4, -0.2) is 70.9 Å². The molecule has 1 N–H and O–H groups in total. The maximum absolute atomic E-state index is 14.8. The molecule has 6 aliphatic rings. The van der Waals surface area contributed by atoms with Crippen molar-refractivity contribution in [1.82, 2.24) is 14.6 Å². The van der Waals surface area contributed by atoms with Crippen LogP contribution < -0.4 is 9.46 Å². The summed E-state index contributed by atoms with van der Waals surface area (Å²) in [5.74, 6) is -2.54. The van der Waals surface area contributed by atoms with Crippen molar-refractivity contribution in [2.24, 2.45) is 17.3 Å². The Morgan fingerprint density at radius 3 is 2.58 bits per heavy atom. The number of allylic oxidation sites excluding steroid dienone is 2. The van der Waals surface area contributed by atoms with Gasteiger partial charge in [0, 0.05) is 35.8 Å². The van der Waals surface area contributed by atoms with Gasteiger partial charge >= 0.3 is 5.97 Å². The molecular formula is C42H52FN3O8S. The summed E-state index contributed by atoms with van der Waals surface area (Å²) in [7, 11) is -3.95. The molecule has 4 fully saturated rings. The lowest BCUT2D eigenvalue weighted by molar-refractivity contribution is -0.154. The number of aromatic nitrogens is 1. The number of nitrogens with zero attached hydrogens (tertiary/aromatic N) is 2. The van der Waals surface area contributed by atoms with Crippen LogP contribution in [0, 0.1) is 30.0 Å². The van der Waals surface area contributed by atoms with Gasteiger partial charge in [0.25, 0.3) is 0 Å². The highest BCUT2D eigenvalue weighted by Crippen LogP contribution is 2.58. The van der Waals surface area contributed by atoms with Crippen LogP contribution in [0.15, 0.2) is 30.4 Å². The summed E-state index contributed by atoms with van der Waals surface area (Å²) in [6.07, 6.45) is 13.2. The maximum Gasteiger partial charge on any atom is 0.306 e. The molecule has 5 atom stereocenters. The van der Waals surface area contributed by atoms with Crippen LogP contribution in [0.25, 0.3) is 10.9 Å². The quantitative estimate of drug-likeness (QED) is 0.263. The second-order valence-electron chi connectivity index (χ2n) is 17.5. The number of sulfonamides is 1. The molecule has 0 radical (unpaired) electrons. The minimum atomic E-state index is -3.95. The van der Waals surface area contributed by atoms with Gasteiger partial charge in [0.2, 0.25) is 21.8 Å². The summed E-state index contributed by atoms with van der Waals surface area (Å²) in [5, 5.41) is 0.786. The lowest BCUT2D eigenvalue weighted by Crippen LogP contribution is -2.48. The Hall–Kier alpha value is -3.87. The summed E-state index contributed by atoms with van der Waals surface area (Å²) in [4.78, 5) is 63.1. The van der Waals surface area contributed by atoms with Crippen LogP contribution in [0.4, 0.5) is 4.39 Å². The van der Waals surface area contributed by atoms with Crippen molar-refractivity contribution >= 4 is 44.5 Å². The normalized spacial score (nSPS) is 31.4. The second-order valence-corrected chi connectivity index (χ2v) is 19.7. The van der Waals surface area contributed by atoms with Gasteiger partial charge in [-0.3, -0.25) is 23.9 Å². The van der Waals surface area contributed by atoms with Crippen LogP contribution in [0.3, 0.4) is 0 Å². The van der Waals surface area contributed by atoms with E-state index in [1.807, 2.05) is 12.2 Å². The minimum absolute atomic E-state index is 0.0834. The fraction of sp³-hybridized carbons (Fsp3) is 0.643. The number of ether oxygens (including phenoxy) is 2. The average molecular weight is 778 g/mol. The van der Waals surface area contributed by atoms with Crippen LogP contribution in [0.2, 0.25) is 0 Å². The van der Waals surface area contributed by atoms with E-state index in [4.69, 9.17) is 9.47 Å². The van der Waals surface area contributed by atoms with Crippen LogP contribution in [-0.2, 0) is 40.4 Å². The number of pyridine rings is 1. The van der Waals surface area contributed by atoms with Gasteiger partial charge in [-0.2, -0.15) is 0 Å². The Balaban J connectivity index is 1.12. The molecule has 1 saturated heterocycles. The number of amides is 2. The molecule has 13 heteroatoms. The van der Waals surface area contributed by atoms with Gasteiger partial charge in [0.1, 0.15) is 23.3 Å². The van der Waals surface area contributed by atoms with Crippen molar-refractivity contribution in [3.63, 3.8) is 0 Å². The molecule has 2 amide bonds. The number of carbonyl (C=O) groups excluding carboxylic acids is 4. The molecule has 0 bridgehead atoms. The summed E-state index contributed by atoms with van der Waals surface area (Å²) in [6.45, 7) is 3.53. The minimum Gasteiger partial charge on any atom is -0.483 e. The number of aryl methyl sites for hydroxylation is 2. The molecule has 3 saturated carbocycles. The number of ketones is 1. The van der Waals surface area contributed by atoms with E-state index in [1.165, 1.54) is 12.1 Å². The molecule has 0 unspecified atom stereocenters. The lowest BCUT2D eigenvalue weighted by Gasteiger charge is -2.36. The van der Waals surface area contributed by atoms with Gasteiger partial charge in [-0.15, -0.1) is 0 Å². The highest BCUT2D eigenvalue weighted by molar-refractivity contribution is 7.91. The Morgan fingerprint density at radius 2 is 1.82 bits per heavy atom. The molecule has 55 heavy (non-hydrogen) atoms. The van der Waals surface area contributed by atoms with Gasteiger partial charge in [0.15, 0.2) is 5.78 Å². The van der Waals surface area contributed by atoms with E-state index in [1.54, 1.807) is 24.8 Å². The Labute approximate surface area is 322 Å². The summed E-state index contributed by atoms with van der Waals surface area (Å²) >= 11 is 0. The number of hydrogen-bond acceptors (Lipinski definition) is 9. The molecule has 8 rings (SSSR count). The number of nitrogens with one attached hydrogen (secondary N) is 1. The van der Waals surface area contributed by atoms with E-state index >= 15 is 0 Å². The molecule has 4 heterocycles. The lowest BCUT2D eigenvalue weighted by atomic mass is 9.85. The number of carbonyl (C=O) groups is 4. The number of esters is 1. The zero-order valence-electron chi connectivity index (χ0n) is 31.9. The summed E-state index contributed by atoms with van der Waals surface area (Å²) in [5.41, 5.74) is -0.199. The van der Waals surface area contributed by atoms with E-state index in [0.717, 1.165) is 55.9 Å². The molecule has 3 aliphatic heterocycles. The van der Waals surface area contributed by atoms with Crippen molar-refractivity contribution in [2.45, 2.75) is 145 Å². The molecule has 1 aromatic heterocycles. The smallest absolute Gasteiger partial charge is 0.306 e. The van der Waals surface area contributed by atoms with Gasteiger partial charge in [-0.05, 0) is 109 Å². The molecular weight excluding hydrogens is 726 g/mol. The van der Waals surface area contributed by atoms with Crippen LogP contribution >= 0.6 is 0 Å². The SMILES string of the molecule is Cc1nc2cc(F)ccc2c2c1O[C@]1(CC2)C[C@H]2C(=O)C[C@]3(C(=O)NS(=O)(=O)C4(C)CC4)C[C@H]3/C=C\CCCCC[C@H](CC(=O)OC3CCCC3)C(=O)N2C1. The number of fused-ring (bicyclic) bond motifs is 5. The molecule has 296 valence electrons. The van der Waals surface area contributed by atoms with Gasteiger partial charge < -0.3 is 14.4 Å². The zero-order valence-corrected chi connectivity index (χ0v) is 32.7. The van der Waals surface area contributed by atoms with E-state index in [0.29, 0.717) is 61.9 Å². The predicted octanol–water partition coefficient (Wildman–Crippen LogP) is 6.32. The highest BCUT2D eigenvalue weighted by Gasteiger charge is 2.63. The first-order valence-corrected chi connectivity index (χ1v) is 21.7.